The normalized spacial score (nSPS) is 9.92. The number of nitrogens with zero attached hydrogens (tertiary/aromatic N) is 6. The maximum absolute atomic E-state index is 13.2. The quantitative estimate of drug-likeness (QED) is 0.123. The summed E-state index contributed by atoms with van der Waals surface area (Å²) in [5.41, 5.74) is 6.78. The Morgan fingerprint density at radius 3 is 1.67 bits per heavy atom. The van der Waals surface area contributed by atoms with Gasteiger partial charge in [0.1, 0.15) is 0 Å². The minimum atomic E-state index is -2.45. The van der Waals surface area contributed by atoms with Gasteiger partial charge in [0.15, 0.2) is 0 Å². The number of rotatable bonds is 6. The Hall–Kier alpha value is -4.68. The molecule has 11 rings (SSSR count). The molecule has 0 atom stereocenters. The van der Waals surface area contributed by atoms with Gasteiger partial charge in [0, 0.05) is 155 Å². The fraction of sp³-hybridized carbons (Fsp3) is 0.0862. The average Bonchev–Trinajstić information content (AvgIpc) is 4.23. The maximum Gasteiger partial charge on any atom is 0.221 e. The van der Waals surface area contributed by atoms with E-state index >= 15 is 0 Å². The monoisotopic (exact) mass is 1930 g/mol. The van der Waals surface area contributed by atoms with E-state index in [1.165, 1.54) is 27.8 Å². The first kappa shape index (κ1) is 66.4. The predicted molar refractivity (Wildman–Crippen MR) is 273 cm³/mol. The number of alkyl halides is 2. The molecule has 0 aliphatic heterocycles. The second-order valence-corrected chi connectivity index (χ2v) is 17.8. The average molecular weight is 1930 g/mol. The first-order chi connectivity index (χ1) is 34.0. The molecule has 0 spiro atoms. The molecule has 5 radical (unpaired) electrons. The van der Waals surface area contributed by atoms with E-state index < -0.39 is 18.1 Å². The summed E-state index contributed by atoms with van der Waals surface area (Å²) < 4.78 is 53.0. The van der Waals surface area contributed by atoms with Gasteiger partial charge in [0.25, 0.3) is 0 Å². The van der Waals surface area contributed by atoms with Crippen molar-refractivity contribution in [2.45, 2.75) is 32.6 Å². The molecule has 11 aromatic rings. The molecule has 17 heteroatoms. The molecule has 4 aromatic carbocycles. The predicted octanol–water partition coefficient (Wildman–Crippen LogP) is 15.6. The number of thiophene rings is 2. The molecular formula is C58H43F4Ir5N6S2-5. The summed E-state index contributed by atoms with van der Waals surface area (Å²) in [6.45, 7) is 6.64. The first-order valence-electron chi connectivity index (χ1n) is 21.7. The number of pyridine rings is 4. The van der Waals surface area contributed by atoms with Crippen molar-refractivity contribution in [2.75, 3.05) is 0 Å². The number of hydrogen-bond donors (Lipinski definition) is 0. The largest absolute Gasteiger partial charge is 0.319 e. The Bertz CT molecular complexity index is 3210. The Kier molecular flexibility index (Phi) is 30.3. The van der Waals surface area contributed by atoms with E-state index in [1.807, 2.05) is 90.6 Å². The first-order valence-corrected chi connectivity index (χ1v) is 23.4. The molecule has 0 aliphatic rings. The summed E-state index contributed by atoms with van der Waals surface area (Å²) in [7, 11) is 0. The SMILES string of the molecule is CC(C)(C)c1cc[c-]c(-c2ccccn2)c1.FC(F)c1c[c-]c(-n2cccn2)cc1.Fc1c[c-]c(-c2ccccn2)c(F)c1.[Ir].[Ir].[Ir].[Ir].[Ir].[c-]1c(-c2ccccn2)sc2ccccc12.[c-]1ccsc1-c1ccccn1. The van der Waals surface area contributed by atoms with Crippen LogP contribution in [0.25, 0.3) is 59.4 Å². The second-order valence-electron chi connectivity index (χ2n) is 15.8. The minimum absolute atomic E-state index is 0. The molecule has 7 heterocycles. The summed E-state index contributed by atoms with van der Waals surface area (Å²) in [6, 6.07) is 62.2. The molecule has 0 N–H and O–H groups in total. The van der Waals surface area contributed by atoms with Gasteiger partial charge >= 0.3 is 0 Å². The van der Waals surface area contributed by atoms with E-state index in [4.69, 9.17) is 0 Å². The molecular weight excluding hydrogens is 1880 g/mol. The molecule has 6 nitrogen and oxygen atoms in total. The van der Waals surface area contributed by atoms with E-state index in [9.17, 15) is 17.6 Å². The number of benzene rings is 4. The smallest absolute Gasteiger partial charge is 0.221 e. The summed E-state index contributed by atoms with van der Waals surface area (Å²) in [5, 5.41) is 7.13. The zero-order chi connectivity index (χ0) is 49.1. The fourth-order valence-corrected chi connectivity index (χ4v) is 7.91. The van der Waals surface area contributed by atoms with Gasteiger partial charge in [0.05, 0.1) is 0 Å². The third kappa shape index (κ3) is 20.7. The Morgan fingerprint density at radius 1 is 0.560 bits per heavy atom. The Balaban J connectivity index is 0.000000317. The molecule has 0 unspecified atom stereocenters. The van der Waals surface area contributed by atoms with Crippen molar-refractivity contribution >= 4 is 32.8 Å². The molecule has 0 aliphatic carbocycles. The van der Waals surface area contributed by atoms with Crippen LogP contribution in [-0.2, 0) is 106 Å². The topological polar surface area (TPSA) is 69.4 Å². The Morgan fingerprint density at radius 2 is 1.16 bits per heavy atom. The maximum atomic E-state index is 13.2. The summed E-state index contributed by atoms with van der Waals surface area (Å²) in [5.74, 6) is -1.29. The van der Waals surface area contributed by atoms with Gasteiger partial charge in [-0.25, -0.2) is 31.5 Å². The molecule has 395 valence electrons. The van der Waals surface area contributed by atoms with Crippen molar-refractivity contribution in [1.82, 2.24) is 29.7 Å². The third-order valence-corrected chi connectivity index (χ3v) is 11.7. The number of halogens is 4. The van der Waals surface area contributed by atoms with Gasteiger partial charge in [-0.1, -0.05) is 104 Å². The molecule has 0 bridgehead atoms. The second kappa shape index (κ2) is 34.2. The van der Waals surface area contributed by atoms with Crippen molar-refractivity contribution in [2.24, 2.45) is 0 Å². The molecule has 0 saturated carbocycles. The van der Waals surface area contributed by atoms with Gasteiger partial charge in [-0.2, -0.15) is 35.4 Å². The number of aromatic nitrogens is 6. The van der Waals surface area contributed by atoms with E-state index in [0.717, 1.165) is 44.5 Å². The zero-order valence-electron chi connectivity index (χ0n) is 39.8. The van der Waals surface area contributed by atoms with Crippen LogP contribution in [-0.4, -0.2) is 29.7 Å². The van der Waals surface area contributed by atoms with Gasteiger partial charge < -0.3 is 19.9 Å². The molecule has 0 fully saturated rings. The van der Waals surface area contributed by atoms with Crippen molar-refractivity contribution in [1.29, 1.82) is 0 Å². The van der Waals surface area contributed by atoms with Crippen LogP contribution in [0.15, 0.2) is 200 Å². The van der Waals surface area contributed by atoms with Gasteiger partial charge in [0.2, 0.25) is 6.43 Å². The standard InChI is InChI=1S/C15H16N.C13H8NS.C11H6F2N.C10H7F2N2.C9H6NS.5Ir/c1-15(2,3)13-8-6-7-12(11-13)14-9-4-5-10-16-14;1-2-7-12-10(5-1)9-13(15-12)11-6-3-4-8-14-11;12-8-4-5-9(10(13)7-8)11-3-1-2-6-14-11;11-10(12)8-2-4-9(5-3-8)14-7-1-6-13-14;1-2-6-10-8(4-1)9-5-3-7-11-9;;;;;/h4-6,8-11H,1-3H3;1-8H;1-4,6-7H;1-4,6-7,10H;1-4,6-7H;;;;;/q5*-1;;;;;. The van der Waals surface area contributed by atoms with Crippen molar-refractivity contribution in [3.8, 4) is 49.3 Å². The molecule has 7 aromatic heterocycles. The van der Waals surface area contributed by atoms with Crippen LogP contribution < -0.4 is 0 Å². The van der Waals surface area contributed by atoms with E-state index in [0.29, 0.717) is 11.4 Å². The number of fused-ring (bicyclic) bond motifs is 1. The molecule has 75 heavy (non-hydrogen) atoms. The molecule has 0 amide bonds. The third-order valence-electron chi connectivity index (χ3n) is 9.82. The van der Waals surface area contributed by atoms with Gasteiger partial charge in [-0.3, -0.25) is 13.5 Å². The van der Waals surface area contributed by atoms with Crippen LogP contribution in [0.2, 0.25) is 0 Å². The van der Waals surface area contributed by atoms with Crippen molar-refractivity contribution in [3.63, 3.8) is 0 Å². The van der Waals surface area contributed by atoms with Crippen molar-refractivity contribution < 1.29 is 118 Å². The van der Waals surface area contributed by atoms with Crippen LogP contribution in [0.4, 0.5) is 17.6 Å². The Labute approximate surface area is 510 Å². The van der Waals surface area contributed by atoms with Crippen molar-refractivity contribution in [3.05, 3.63) is 253 Å². The van der Waals surface area contributed by atoms with Crippen LogP contribution in [0, 0.1) is 42.0 Å². The van der Waals surface area contributed by atoms with Crippen LogP contribution in [0.3, 0.4) is 0 Å². The van der Waals surface area contributed by atoms with E-state index in [-0.39, 0.29) is 117 Å². The van der Waals surface area contributed by atoms with Gasteiger partial charge in [-0.05, 0) is 68.1 Å². The minimum Gasteiger partial charge on any atom is -0.319 e. The van der Waals surface area contributed by atoms with E-state index in [1.54, 1.807) is 82.5 Å². The van der Waals surface area contributed by atoms with Crippen LogP contribution >= 0.6 is 22.7 Å². The zero-order valence-corrected chi connectivity index (χ0v) is 53.4. The van der Waals surface area contributed by atoms with Crippen LogP contribution in [0.1, 0.15) is 38.3 Å². The summed E-state index contributed by atoms with van der Waals surface area (Å²) in [4.78, 5) is 19.0. The van der Waals surface area contributed by atoms with E-state index in [2.05, 4.69) is 106 Å². The molecule has 0 saturated heterocycles. The van der Waals surface area contributed by atoms with Gasteiger partial charge in [-0.15, -0.1) is 82.6 Å². The fourth-order valence-electron chi connectivity index (χ4n) is 6.28. The summed E-state index contributed by atoms with van der Waals surface area (Å²) in [6.07, 6.45) is 7.87. The summed E-state index contributed by atoms with van der Waals surface area (Å²) >= 11 is 3.39. The van der Waals surface area contributed by atoms with Crippen LogP contribution in [0.5, 0.6) is 0 Å². The number of hydrogen-bond acceptors (Lipinski definition) is 7.